The summed E-state index contributed by atoms with van der Waals surface area (Å²) in [6, 6.07) is 0. The fourth-order valence-corrected chi connectivity index (χ4v) is 2.39. The summed E-state index contributed by atoms with van der Waals surface area (Å²) in [6.07, 6.45) is 5.49. The Morgan fingerprint density at radius 1 is 1.60 bits per heavy atom. The van der Waals surface area contributed by atoms with Crippen molar-refractivity contribution in [2.45, 2.75) is 47.0 Å². The summed E-state index contributed by atoms with van der Waals surface area (Å²) in [6.45, 7) is 8.76. The minimum Gasteiger partial charge on any atom is -0.411 e. The zero-order valence-electron chi connectivity index (χ0n) is 10.3. The molecule has 2 nitrogen and oxygen atoms in total. The minimum absolute atomic E-state index is 0.376. The molecule has 0 aromatic carbocycles. The number of rotatable bonds is 3. The van der Waals surface area contributed by atoms with Gasteiger partial charge in [-0.05, 0) is 38.0 Å². The van der Waals surface area contributed by atoms with Crippen molar-refractivity contribution >= 4 is 5.71 Å². The van der Waals surface area contributed by atoms with Crippen LogP contribution in [0.5, 0.6) is 0 Å². The van der Waals surface area contributed by atoms with Crippen molar-refractivity contribution in [3.63, 3.8) is 0 Å². The maximum atomic E-state index is 8.98. The summed E-state index contributed by atoms with van der Waals surface area (Å²) in [7, 11) is 0. The van der Waals surface area contributed by atoms with Crippen molar-refractivity contribution in [1.82, 2.24) is 0 Å². The normalized spacial score (nSPS) is 28.1. The second kappa shape index (κ2) is 5.34. The molecule has 86 valence electrons. The maximum Gasteiger partial charge on any atom is 0.0639 e. The molecule has 0 heterocycles. The monoisotopic (exact) mass is 209 g/mol. The first-order valence-corrected chi connectivity index (χ1v) is 5.97. The number of allylic oxidation sites excluding steroid dienone is 2. The first kappa shape index (κ1) is 12.3. The molecule has 0 amide bonds. The Kier molecular flexibility index (Phi) is 4.37. The number of hydrogen-bond donors (Lipinski definition) is 1. The third-order valence-corrected chi connectivity index (χ3v) is 3.67. The van der Waals surface area contributed by atoms with E-state index < -0.39 is 0 Å². The van der Waals surface area contributed by atoms with Crippen molar-refractivity contribution in [3.8, 4) is 0 Å². The Bertz CT molecular complexity index is 266. The first-order valence-electron chi connectivity index (χ1n) is 5.97. The molecule has 2 unspecified atom stereocenters. The van der Waals surface area contributed by atoms with Gasteiger partial charge in [0.1, 0.15) is 0 Å². The van der Waals surface area contributed by atoms with Gasteiger partial charge in [-0.2, -0.15) is 0 Å². The third-order valence-electron chi connectivity index (χ3n) is 3.67. The maximum absolute atomic E-state index is 8.98. The SMILES string of the molecule is CCC(=NO)C1CC(C(C)C)CC=C1C. The molecule has 15 heavy (non-hydrogen) atoms. The lowest BCUT2D eigenvalue weighted by Crippen LogP contribution is -2.25. The van der Waals surface area contributed by atoms with Crippen LogP contribution in [0.1, 0.15) is 47.0 Å². The van der Waals surface area contributed by atoms with Gasteiger partial charge in [-0.15, -0.1) is 0 Å². The van der Waals surface area contributed by atoms with Gasteiger partial charge in [0.25, 0.3) is 0 Å². The lowest BCUT2D eigenvalue weighted by atomic mass is 9.74. The quantitative estimate of drug-likeness (QED) is 0.325. The van der Waals surface area contributed by atoms with E-state index in [1.165, 1.54) is 12.0 Å². The Morgan fingerprint density at radius 3 is 2.73 bits per heavy atom. The summed E-state index contributed by atoms with van der Waals surface area (Å²) in [5.74, 6) is 1.83. The van der Waals surface area contributed by atoms with Crippen molar-refractivity contribution in [2.24, 2.45) is 22.9 Å². The molecule has 0 aromatic rings. The van der Waals surface area contributed by atoms with E-state index in [0.717, 1.165) is 24.5 Å². The highest BCUT2D eigenvalue weighted by molar-refractivity contribution is 5.88. The van der Waals surface area contributed by atoms with Crippen LogP contribution in [0.25, 0.3) is 0 Å². The van der Waals surface area contributed by atoms with Crippen molar-refractivity contribution in [3.05, 3.63) is 11.6 Å². The fourth-order valence-electron chi connectivity index (χ4n) is 2.39. The van der Waals surface area contributed by atoms with Crippen LogP contribution in [0.4, 0.5) is 0 Å². The number of hydrogen-bond acceptors (Lipinski definition) is 2. The highest BCUT2D eigenvalue weighted by atomic mass is 16.4. The van der Waals surface area contributed by atoms with Gasteiger partial charge in [-0.1, -0.05) is 37.6 Å². The van der Waals surface area contributed by atoms with Gasteiger partial charge in [-0.3, -0.25) is 0 Å². The summed E-state index contributed by atoms with van der Waals surface area (Å²) < 4.78 is 0. The topological polar surface area (TPSA) is 32.6 Å². The third kappa shape index (κ3) is 2.83. The van der Waals surface area contributed by atoms with Crippen LogP contribution in [0.15, 0.2) is 16.8 Å². The molecule has 2 atom stereocenters. The van der Waals surface area contributed by atoms with Crippen LogP contribution >= 0.6 is 0 Å². The predicted octanol–water partition coefficient (Wildman–Crippen LogP) is 3.86. The van der Waals surface area contributed by atoms with E-state index in [9.17, 15) is 0 Å². The lowest BCUT2D eigenvalue weighted by molar-refractivity contribution is 0.300. The van der Waals surface area contributed by atoms with Crippen LogP contribution in [0.2, 0.25) is 0 Å². The molecule has 0 saturated heterocycles. The average Bonchev–Trinajstić information content (AvgIpc) is 2.22. The van der Waals surface area contributed by atoms with E-state index >= 15 is 0 Å². The van der Waals surface area contributed by atoms with Gasteiger partial charge in [0.15, 0.2) is 0 Å². The van der Waals surface area contributed by atoms with Gasteiger partial charge in [0.2, 0.25) is 0 Å². The van der Waals surface area contributed by atoms with Crippen LogP contribution in [0.3, 0.4) is 0 Å². The van der Waals surface area contributed by atoms with Crippen molar-refractivity contribution in [1.29, 1.82) is 0 Å². The Labute approximate surface area is 93.1 Å². The Morgan fingerprint density at radius 2 is 2.27 bits per heavy atom. The number of nitrogens with zero attached hydrogens (tertiary/aromatic N) is 1. The van der Waals surface area contributed by atoms with Crippen LogP contribution < -0.4 is 0 Å². The second-order valence-corrected chi connectivity index (χ2v) is 4.92. The van der Waals surface area contributed by atoms with E-state index in [-0.39, 0.29) is 0 Å². The molecule has 0 fully saturated rings. The van der Waals surface area contributed by atoms with Gasteiger partial charge in [0, 0.05) is 5.92 Å². The molecule has 0 saturated carbocycles. The second-order valence-electron chi connectivity index (χ2n) is 4.92. The minimum atomic E-state index is 0.376. The van der Waals surface area contributed by atoms with Gasteiger partial charge in [0.05, 0.1) is 5.71 Å². The van der Waals surface area contributed by atoms with Crippen LogP contribution in [-0.4, -0.2) is 10.9 Å². The van der Waals surface area contributed by atoms with Gasteiger partial charge < -0.3 is 5.21 Å². The van der Waals surface area contributed by atoms with Crippen LogP contribution in [-0.2, 0) is 0 Å². The highest BCUT2D eigenvalue weighted by Crippen LogP contribution is 2.34. The lowest BCUT2D eigenvalue weighted by Gasteiger charge is -2.31. The summed E-state index contributed by atoms with van der Waals surface area (Å²) in [5.41, 5.74) is 2.32. The number of oxime groups is 1. The van der Waals surface area contributed by atoms with E-state index in [0.29, 0.717) is 11.8 Å². The Balaban J connectivity index is 2.80. The van der Waals surface area contributed by atoms with Gasteiger partial charge >= 0.3 is 0 Å². The van der Waals surface area contributed by atoms with E-state index in [1.807, 2.05) is 0 Å². The molecular formula is C13H23NO. The van der Waals surface area contributed by atoms with Gasteiger partial charge in [-0.25, -0.2) is 0 Å². The first-order chi connectivity index (χ1) is 7.10. The zero-order chi connectivity index (χ0) is 11.4. The van der Waals surface area contributed by atoms with E-state index in [1.54, 1.807) is 0 Å². The predicted molar refractivity (Wildman–Crippen MR) is 64.3 cm³/mol. The standard InChI is InChI=1S/C13H23NO/c1-5-13(14-15)12-8-11(9(2)3)7-6-10(12)4/h6,9,11-12,15H,5,7-8H2,1-4H3. The largest absolute Gasteiger partial charge is 0.411 e. The zero-order valence-corrected chi connectivity index (χ0v) is 10.3. The molecule has 1 N–H and O–H groups in total. The van der Waals surface area contributed by atoms with E-state index in [4.69, 9.17) is 5.21 Å². The molecule has 0 bridgehead atoms. The van der Waals surface area contributed by atoms with Crippen molar-refractivity contribution < 1.29 is 5.21 Å². The molecule has 0 aliphatic heterocycles. The molecule has 1 aliphatic rings. The molecular weight excluding hydrogens is 186 g/mol. The van der Waals surface area contributed by atoms with E-state index in [2.05, 4.69) is 38.9 Å². The average molecular weight is 209 g/mol. The Hall–Kier alpha value is -0.790. The summed E-state index contributed by atoms with van der Waals surface area (Å²) in [4.78, 5) is 0. The molecule has 0 radical (unpaired) electrons. The molecule has 0 aromatic heterocycles. The fraction of sp³-hybridized carbons (Fsp3) is 0.769. The smallest absolute Gasteiger partial charge is 0.0639 e. The molecule has 2 heteroatoms. The molecule has 0 spiro atoms. The summed E-state index contributed by atoms with van der Waals surface area (Å²) >= 11 is 0. The summed E-state index contributed by atoms with van der Waals surface area (Å²) in [5, 5.41) is 12.4. The highest BCUT2D eigenvalue weighted by Gasteiger charge is 2.27. The molecule has 1 aliphatic carbocycles. The van der Waals surface area contributed by atoms with Crippen molar-refractivity contribution in [2.75, 3.05) is 0 Å². The molecule has 1 rings (SSSR count). The van der Waals surface area contributed by atoms with Crippen LogP contribution in [0, 0.1) is 17.8 Å².